The maximum Gasteiger partial charge on any atom is 0.172 e. The first-order valence-electron chi connectivity index (χ1n) is 5.13. The molecular weight excluding hydrogens is 282 g/mol. The number of carbonyl (C=O) groups excluding carboxylic acids is 1. The molecule has 1 aromatic heterocycles. The monoisotopic (exact) mass is 293 g/mol. The zero-order valence-corrected chi connectivity index (χ0v) is 10.9. The molecule has 0 unspecified atom stereocenters. The Bertz CT molecular complexity index is 563. The van der Waals surface area contributed by atoms with Gasteiger partial charge in [-0.25, -0.2) is 0 Å². The van der Waals surface area contributed by atoms with E-state index < -0.39 is 0 Å². The van der Waals surface area contributed by atoms with Gasteiger partial charge in [0.15, 0.2) is 5.78 Å². The van der Waals surface area contributed by atoms with Crippen LogP contribution in [-0.2, 0) is 13.5 Å². The van der Waals surface area contributed by atoms with Gasteiger partial charge in [-0.3, -0.25) is 9.48 Å². The van der Waals surface area contributed by atoms with Gasteiger partial charge in [0.2, 0.25) is 0 Å². The minimum atomic E-state index is -0.0255. The van der Waals surface area contributed by atoms with Crippen LogP contribution in [0.25, 0.3) is 0 Å². The number of Topliss-reactive ketones (excluding diaryl/α,β-unsaturated/α-hetero) is 1. The van der Waals surface area contributed by atoms with E-state index >= 15 is 0 Å². The van der Waals surface area contributed by atoms with Crippen LogP contribution in [0.5, 0.6) is 0 Å². The minimum Gasteiger partial charge on any atom is -0.383 e. The number of anilines is 1. The molecule has 2 N–H and O–H groups in total. The second kappa shape index (κ2) is 4.71. The van der Waals surface area contributed by atoms with Crippen molar-refractivity contribution in [2.45, 2.75) is 6.42 Å². The number of ketones is 1. The van der Waals surface area contributed by atoms with Crippen molar-refractivity contribution in [3.63, 3.8) is 0 Å². The Balaban J connectivity index is 2.23. The van der Waals surface area contributed by atoms with Gasteiger partial charge in [0.05, 0.1) is 11.8 Å². The third-order valence-corrected chi connectivity index (χ3v) is 3.37. The summed E-state index contributed by atoms with van der Waals surface area (Å²) < 4.78 is 2.42. The third kappa shape index (κ3) is 2.39. The summed E-state index contributed by atoms with van der Waals surface area (Å²) in [7, 11) is 1.71. The zero-order valence-electron chi connectivity index (χ0n) is 9.35. The summed E-state index contributed by atoms with van der Waals surface area (Å²) in [6.45, 7) is 0. The first kappa shape index (κ1) is 11.9. The molecule has 0 saturated carbocycles. The lowest BCUT2D eigenvalue weighted by molar-refractivity contribution is 0.0993. The molecule has 0 amide bonds. The van der Waals surface area contributed by atoms with E-state index in [1.54, 1.807) is 7.05 Å². The molecule has 0 atom stereocenters. The minimum absolute atomic E-state index is 0.0255. The molecule has 0 spiro atoms. The second-order valence-electron chi connectivity index (χ2n) is 3.76. The van der Waals surface area contributed by atoms with Crippen LogP contribution in [0.3, 0.4) is 0 Å². The maximum atomic E-state index is 12.0. The molecule has 0 aliphatic heterocycles. The lowest BCUT2D eigenvalue weighted by Gasteiger charge is -2.03. The Labute approximate surface area is 108 Å². The van der Waals surface area contributed by atoms with E-state index in [2.05, 4.69) is 21.0 Å². The molecule has 88 valence electrons. The molecule has 1 heterocycles. The third-order valence-electron chi connectivity index (χ3n) is 2.59. The predicted molar refractivity (Wildman–Crippen MR) is 69.8 cm³/mol. The van der Waals surface area contributed by atoms with Gasteiger partial charge in [0.25, 0.3) is 0 Å². The highest BCUT2D eigenvalue weighted by atomic mass is 79.9. The van der Waals surface area contributed by atoms with E-state index in [1.807, 2.05) is 24.3 Å². The normalized spacial score (nSPS) is 10.5. The summed E-state index contributed by atoms with van der Waals surface area (Å²) >= 11 is 3.42. The fourth-order valence-corrected chi connectivity index (χ4v) is 2.00. The number of carbonyl (C=O) groups is 1. The van der Waals surface area contributed by atoms with Crippen molar-refractivity contribution in [3.05, 3.63) is 46.1 Å². The summed E-state index contributed by atoms with van der Waals surface area (Å²) in [6.07, 6.45) is 1.83. The van der Waals surface area contributed by atoms with Gasteiger partial charge in [-0.05, 0) is 11.6 Å². The number of benzene rings is 1. The van der Waals surface area contributed by atoms with Crippen LogP contribution in [0, 0.1) is 0 Å². The smallest absolute Gasteiger partial charge is 0.172 e. The molecule has 5 heteroatoms. The Morgan fingerprint density at radius 3 is 2.76 bits per heavy atom. The Hall–Kier alpha value is -1.62. The van der Waals surface area contributed by atoms with Crippen LogP contribution in [-0.4, -0.2) is 15.6 Å². The molecule has 2 rings (SSSR count). The number of hydrogen-bond acceptors (Lipinski definition) is 3. The largest absolute Gasteiger partial charge is 0.383 e. The molecule has 2 aromatic rings. The van der Waals surface area contributed by atoms with Crippen molar-refractivity contribution in [2.24, 2.45) is 7.05 Å². The number of aromatic nitrogens is 2. The average Bonchev–Trinajstić information content (AvgIpc) is 2.63. The summed E-state index contributed by atoms with van der Waals surface area (Å²) in [4.78, 5) is 12.0. The molecule has 0 radical (unpaired) electrons. The molecule has 0 fully saturated rings. The summed E-state index contributed by atoms with van der Waals surface area (Å²) in [5.74, 6) is 0.379. The fraction of sp³-hybridized carbons (Fsp3) is 0.167. The van der Waals surface area contributed by atoms with Crippen molar-refractivity contribution >= 4 is 27.5 Å². The number of hydrogen-bond donors (Lipinski definition) is 1. The van der Waals surface area contributed by atoms with Crippen LogP contribution in [0.15, 0.2) is 34.9 Å². The SMILES string of the molecule is Cn1ncc(C(=O)Cc2ccccc2Br)c1N. The van der Waals surface area contributed by atoms with Crippen LogP contribution >= 0.6 is 15.9 Å². The van der Waals surface area contributed by atoms with E-state index in [-0.39, 0.29) is 5.78 Å². The van der Waals surface area contributed by atoms with Gasteiger partial charge in [-0.15, -0.1) is 0 Å². The molecule has 1 aromatic carbocycles. The highest BCUT2D eigenvalue weighted by Gasteiger charge is 2.15. The van der Waals surface area contributed by atoms with Crippen molar-refractivity contribution in [2.75, 3.05) is 5.73 Å². The van der Waals surface area contributed by atoms with Crippen LogP contribution in [0.4, 0.5) is 5.82 Å². The second-order valence-corrected chi connectivity index (χ2v) is 4.61. The molecule has 4 nitrogen and oxygen atoms in total. The number of rotatable bonds is 3. The van der Waals surface area contributed by atoms with Crippen molar-refractivity contribution < 1.29 is 4.79 Å². The van der Waals surface area contributed by atoms with Gasteiger partial charge >= 0.3 is 0 Å². The Kier molecular flexibility index (Phi) is 3.28. The number of aryl methyl sites for hydroxylation is 1. The van der Waals surface area contributed by atoms with Gasteiger partial charge in [0.1, 0.15) is 5.82 Å². The standard InChI is InChI=1S/C12H12BrN3O/c1-16-12(14)9(7-15-16)11(17)6-8-4-2-3-5-10(8)13/h2-5,7H,6,14H2,1H3. The van der Waals surface area contributed by atoms with Gasteiger partial charge in [-0.2, -0.15) is 5.10 Å². The van der Waals surface area contributed by atoms with Gasteiger partial charge in [-0.1, -0.05) is 34.1 Å². The van der Waals surface area contributed by atoms with Crippen LogP contribution in [0.2, 0.25) is 0 Å². The van der Waals surface area contributed by atoms with E-state index in [0.29, 0.717) is 17.8 Å². The first-order chi connectivity index (χ1) is 8.09. The number of nitrogen functional groups attached to an aromatic ring is 1. The molecular formula is C12H12BrN3O. The molecule has 0 bridgehead atoms. The van der Waals surface area contributed by atoms with E-state index in [1.165, 1.54) is 10.9 Å². The van der Waals surface area contributed by atoms with E-state index in [4.69, 9.17) is 5.73 Å². The van der Waals surface area contributed by atoms with Crippen molar-refractivity contribution in [1.82, 2.24) is 9.78 Å². The fourth-order valence-electron chi connectivity index (χ4n) is 1.57. The van der Waals surface area contributed by atoms with E-state index in [0.717, 1.165) is 10.0 Å². The van der Waals surface area contributed by atoms with E-state index in [9.17, 15) is 4.79 Å². The molecule has 0 aliphatic carbocycles. The van der Waals surface area contributed by atoms with Crippen molar-refractivity contribution in [1.29, 1.82) is 0 Å². The lowest BCUT2D eigenvalue weighted by Crippen LogP contribution is -2.07. The lowest BCUT2D eigenvalue weighted by atomic mass is 10.1. The summed E-state index contributed by atoms with van der Waals surface area (Å²) in [5.41, 5.74) is 7.18. The Morgan fingerprint density at radius 2 is 2.18 bits per heavy atom. The number of nitrogens with zero attached hydrogens (tertiary/aromatic N) is 2. The first-order valence-corrected chi connectivity index (χ1v) is 5.93. The average molecular weight is 294 g/mol. The van der Waals surface area contributed by atoms with Crippen molar-refractivity contribution in [3.8, 4) is 0 Å². The zero-order chi connectivity index (χ0) is 12.4. The quantitative estimate of drug-likeness (QED) is 0.883. The highest BCUT2D eigenvalue weighted by Crippen LogP contribution is 2.19. The van der Waals surface area contributed by atoms with Crippen LogP contribution < -0.4 is 5.73 Å². The molecule has 0 saturated heterocycles. The van der Waals surface area contributed by atoms with Crippen LogP contribution in [0.1, 0.15) is 15.9 Å². The topological polar surface area (TPSA) is 60.9 Å². The van der Waals surface area contributed by atoms with Gasteiger partial charge in [0, 0.05) is 17.9 Å². The summed E-state index contributed by atoms with van der Waals surface area (Å²) in [5, 5.41) is 3.96. The van der Waals surface area contributed by atoms with Gasteiger partial charge < -0.3 is 5.73 Å². The summed E-state index contributed by atoms with van der Waals surface area (Å²) in [6, 6.07) is 7.64. The molecule has 0 aliphatic rings. The maximum absolute atomic E-state index is 12.0. The number of nitrogens with two attached hydrogens (primary N) is 1. The predicted octanol–water partition coefficient (Wildman–Crippen LogP) is 2.19. The number of halogens is 1. The highest BCUT2D eigenvalue weighted by molar-refractivity contribution is 9.10. The molecule has 17 heavy (non-hydrogen) atoms. The Morgan fingerprint density at radius 1 is 1.47 bits per heavy atom.